The third-order valence-electron chi connectivity index (χ3n) is 3.66. The van der Waals surface area contributed by atoms with Gasteiger partial charge in [0.15, 0.2) is 6.29 Å². The molecule has 0 aromatic carbocycles. The molecule has 9 nitrogen and oxygen atoms in total. The zero-order valence-electron chi connectivity index (χ0n) is 13.1. The van der Waals surface area contributed by atoms with Crippen molar-refractivity contribution in [1.29, 1.82) is 0 Å². The normalized spacial score (nSPS) is 31.1. The van der Waals surface area contributed by atoms with Crippen molar-refractivity contribution in [2.24, 2.45) is 5.73 Å². The van der Waals surface area contributed by atoms with Gasteiger partial charge in [-0.05, 0) is 19.4 Å². The summed E-state index contributed by atoms with van der Waals surface area (Å²) >= 11 is 0. The lowest BCUT2D eigenvalue weighted by molar-refractivity contribution is -0.300. The molecule has 0 spiro atoms. The molecule has 0 aromatic rings. The fraction of sp³-hybridized carbons (Fsp3) is 0.929. The summed E-state index contributed by atoms with van der Waals surface area (Å²) in [5, 5.41) is 40.7. The van der Waals surface area contributed by atoms with E-state index in [1.807, 2.05) is 0 Å². The molecule has 1 heterocycles. The van der Waals surface area contributed by atoms with Crippen molar-refractivity contribution in [3.05, 3.63) is 0 Å². The summed E-state index contributed by atoms with van der Waals surface area (Å²) in [6, 6.07) is 0. The van der Waals surface area contributed by atoms with Crippen molar-refractivity contribution in [2.45, 2.75) is 56.4 Å². The van der Waals surface area contributed by atoms with Crippen molar-refractivity contribution in [2.75, 3.05) is 26.3 Å². The SMILES string of the molecule is NCCCCCC(=O)NCCO[C@H]1O[C@H](CO)[C@@H](O)[C@H](O)[C@@H]1O. The molecule has 1 rings (SSSR count). The lowest BCUT2D eigenvalue weighted by Crippen LogP contribution is -2.59. The maximum atomic E-state index is 11.5. The van der Waals surface area contributed by atoms with E-state index < -0.39 is 37.3 Å². The van der Waals surface area contributed by atoms with E-state index in [9.17, 15) is 20.1 Å². The van der Waals surface area contributed by atoms with E-state index >= 15 is 0 Å². The van der Waals surface area contributed by atoms with Crippen molar-refractivity contribution in [3.8, 4) is 0 Å². The Hall–Kier alpha value is -0.810. The molecule has 1 saturated heterocycles. The maximum Gasteiger partial charge on any atom is 0.220 e. The number of aliphatic hydroxyl groups excluding tert-OH is 4. The third-order valence-corrected chi connectivity index (χ3v) is 3.66. The Kier molecular flexibility index (Phi) is 9.56. The Balaban J connectivity index is 2.20. The molecule has 0 aromatic heterocycles. The average Bonchev–Trinajstić information content (AvgIpc) is 2.55. The van der Waals surface area contributed by atoms with Crippen LogP contribution in [0.2, 0.25) is 0 Å². The second-order valence-electron chi connectivity index (χ2n) is 5.52. The summed E-state index contributed by atoms with van der Waals surface area (Å²) in [6.07, 6.45) is -3.50. The molecule has 0 radical (unpaired) electrons. The average molecular weight is 336 g/mol. The van der Waals surface area contributed by atoms with Crippen LogP contribution in [0.3, 0.4) is 0 Å². The number of nitrogens with two attached hydrogens (primary N) is 1. The van der Waals surface area contributed by atoms with Crippen molar-refractivity contribution >= 4 is 5.91 Å². The number of hydrogen-bond acceptors (Lipinski definition) is 8. The number of nitrogens with one attached hydrogen (secondary N) is 1. The summed E-state index contributed by atoms with van der Waals surface area (Å²) < 4.78 is 10.4. The largest absolute Gasteiger partial charge is 0.394 e. The molecule has 0 bridgehead atoms. The summed E-state index contributed by atoms with van der Waals surface area (Å²) in [5.41, 5.74) is 5.37. The standard InChI is InChI=1S/C14H28N2O7/c15-5-3-1-2-4-10(18)16-6-7-22-14-13(21)12(20)11(19)9(8-17)23-14/h9,11-14,17,19-21H,1-8,15H2,(H,16,18)/t9-,11-,12+,13+,14+/m1/s1. The van der Waals surface area contributed by atoms with E-state index in [1.165, 1.54) is 0 Å². The summed E-state index contributed by atoms with van der Waals surface area (Å²) in [5.74, 6) is -0.0978. The van der Waals surface area contributed by atoms with E-state index in [1.54, 1.807) is 0 Å². The number of hydrogen-bond donors (Lipinski definition) is 6. The van der Waals surface area contributed by atoms with Crippen LogP contribution in [0.15, 0.2) is 0 Å². The first-order valence-corrected chi connectivity index (χ1v) is 7.90. The molecular weight excluding hydrogens is 308 g/mol. The molecule has 23 heavy (non-hydrogen) atoms. The van der Waals surface area contributed by atoms with E-state index in [4.69, 9.17) is 20.3 Å². The highest BCUT2D eigenvalue weighted by atomic mass is 16.7. The van der Waals surface area contributed by atoms with Crippen molar-refractivity contribution < 1.29 is 34.7 Å². The van der Waals surface area contributed by atoms with Gasteiger partial charge < -0.3 is 41.0 Å². The van der Waals surface area contributed by atoms with Crippen LogP contribution in [0.5, 0.6) is 0 Å². The molecule has 7 N–H and O–H groups in total. The van der Waals surface area contributed by atoms with Crippen LogP contribution in [0.4, 0.5) is 0 Å². The highest BCUT2D eigenvalue weighted by molar-refractivity contribution is 5.75. The van der Waals surface area contributed by atoms with Gasteiger partial charge in [0.05, 0.1) is 13.2 Å². The Bertz CT molecular complexity index is 343. The van der Waals surface area contributed by atoms with Crippen molar-refractivity contribution in [3.63, 3.8) is 0 Å². The Morgan fingerprint density at radius 2 is 1.87 bits per heavy atom. The number of carbonyl (C=O) groups is 1. The first-order valence-electron chi connectivity index (χ1n) is 7.90. The van der Waals surface area contributed by atoms with Crippen LogP contribution in [-0.2, 0) is 14.3 Å². The van der Waals surface area contributed by atoms with Gasteiger partial charge in [0, 0.05) is 13.0 Å². The summed E-state index contributed by atoms with van der Waals surface area (Å²) in [6.45, 7) is 0.404. The van der Waals surface area contributed by atoms with Gasteiger partial charge in [0.2, 0.25) is 5.91 Å². The van der Waals surface area contributed by atoms with Gasteiger partial charge in [0.1, 0.15) is 24.4 Å². The van der Waals surface area contributed by atoms with Crippen LogP contribution in [0, 0.1) is 0 Å². The molecule has 0 aliphatic carbocycles. The van der Waals surface area contributed by atoms with Crippen molar-refractivity contribution in [1.82, 2.24) is 5.32 Å². The Morgan fingerprint density at radius 3 is 2.52 bits per heavy atom. The number of carbonyl (C=O) groups excluding carboxylic acids is 1. The van der Waals surface area contributed by atoms with E-state index in [2.05, 4.69) is 5.32 Å². The molecule has 0 saturated carbocycles. The van der Waals surface area contributed by atoms with Crippen LogP contribution in [0.1, 0.15) is 25.7 Å². The third kappa shape index (κ3) is 6.68. The first kappa shape index (κ1) is 20.2. The van der Waals surface area contributed by atoms with Crippen LogP contribution in [-0.4, -0.2) is 83.3 Å². The zero-order valence-corrected chi connectivity index (χ0v) is 13.1. The fourth-order valence-electron chi connectivity index (χ4n) is 2.27. The molecule has 1 aliphatic heterocycles. The molecule has 1 aliphatic rings. The lowest BCUT2D eigenvalue weighted by atomic mass is 9.99. The topological polar surface area (TPSA) is 154 Å². The van der Waals surface area contributed by atoms with Gasteiger partial charge in [-0.3, -0.25) is 4.79 Å². The number of amides is 1. The monoisotopic (exact) mass is 336 g/mol. The highest BCUT2D eigenvalue weighted by Gasteiger charge is 2.43. The molecule has 1 fully saturated rings. The summed E-state index contributed by atoms with van der Waals surface area (Å²) in [4.78, 5) is 11.5. The van der Waals surface area contributed by atoms with Gasteiger partial charge in [-0.15, -0.1) is 0 Å². The van der Waals surface area contributed by atoms with Crippen LogP contribution >= 0.6 is 0 Å². The minimum Gasteiger partial charge on any atom is -0.394 e. The fourth-order valence-corrected chi connectivity index (χ4v) is 2.27. The summed E-state index contributed by atoms with van der Waals surface area (Å²) in [7, 11) is 0. The number of unbranched alkanes of at least 4 members (excludes halogenated alkanes) is 2. The lowest BCUT2D eigenvalue weighted by Gasteiger charge is -2.39. The minimum absolute atomic E-state index is 0.0667. The van der Waals surface area contributed by atoms with Gasteiger partial charge in [-0.25, -0.2) is 0 Å². The molecule has 136 valence electrons. The highest BCUT2D eigenvalue weighted by Crippen LogP contribution is 2.21. The predicted octanol–water partition coefficient (Wildman–Crippen LogP) is -2.56. The van der Waals surface area contributed by atoms with E-state index in [0.717, 1.165) is 19.3 Å². The van der Waals surface area contributed by atoms with Gasteiger partial charge in [0.25, 0.3) is 0 Å². The Morgan fingerprint density at radius 1 is 1.13 bits per heavy atom. The van der Waals surface area contributed by atoms with Crippen LogP contribution < -0.4 is 11.1 Å². The molecule has 1 amide bonds. The molecular formula is C14H28N2O7. The molecule has 0 unspecified atom stereocenters. The zero-order chi connectivity index (χ0) is 17.2. The Labute approximate surface area is 135 Å². The molecule has 9 heteroatoms. The molecule has 5 atom stereocenters. The quantitative estimate of drug-likeness (QED) is 0.238. The first-order chi connectivity index (χ1) is 11.0. The van der Waals surface area contributed by atoms with E-state index in [-0.39, 0.29) is 19.1 Å². The minimum atomic E-state index is -1.47. The van der Waals surface area contributed by atoms with E-state index in [0.29, 0.717) is 13.0 Å². The van der Waals surface area contributed by atoms with Gasteiger partial charge >= 0.3 is 0 Å². The van der Waals surface area contributed by atoms with Crippen LogP contribution in [0.25, 0.3) is 0 Å². The number of aliphatic hydroxyl groups is 4. The predicted molar refractivity (Wildman–Crippen MR) is 80.3 cm³/mol. The van der Waals surface area contributed by atoms with Gasteiger partial charge in [-0.2, -0.15) is 0 Å². The maximum absolute atomic E-state index is 11.5. The second kappa shape index (κ2) is 10.9. The number of rotatable bonds is 10. The smallest absolute Gasteiger partial charge is 0.220 e. The second-order valence-corrected chi connectivity index (χ2v) is 5.52. The number of ether oxygens (including phenoxy) is 2. The van der Waals surface area contributed by atoms with Gasteiger partial charge in [-0.1, -0.05) is 6.42 Å².